The molecule has 1 amide bonds. The van der Waals surface area contributed by atoms with Crippen molar-refractivity contribution in [3.8, 4) is 0 Å². The fourth-order valence-electron chi connectivity index (χ4n) is 2.19. The molecule has 1 rings (SSSR count). The number of aromatic carboxylic acids is 1. The quantitative estimate of drug-likeness (QED) is 0.812. The van der Waals surface area contributed by atoms with Crippen molar-refractivity contribution in [1.82, 2.24) is 0 Å². The molecule has 1 aromatic carbocycles. The van der Waals surface area contributed by atoms with Gasteiger partial charge in [0.25, 0.3) is 0 Å². The first-order valence-electron chi connectivity index (χ1n) is 6.20. The van der Waals surface area contributed by atoms with E-state index in [1.54, 1.807) is 12.1 Å². The number of nitrogens with two attached hydrogens (primary N) is 1. The Balaban J connectivity index is 3.48. The number of hydrogen-bond acceptors (Lipinski definition) is 2. The van der Waals surface area contributed by atoms with Crippen LogP contribution in [0.4, 0.5) is 0 Å². The van der Waals surface area contributed by atoms with Crippen molar-refractivity contribution in [3.63, 3.8) is 0 Å². The molecule has 0 unspecified atom stereocenters. The van der Waals surface area contributed by atoms with Gasteiger partial charge >= 0.3 is 5.97 Å². The third-order valence-electron chi connectivity index (χ3n) is 2.90. The van der Waals surface area contributed by atoms with Crippen LogP contribution in [0.15, 0.2) is 12.1 Å². The van der Waals surface area contributed by atoms with Gasteiger partial charge in [-0.1, -0.05) is 32.8 Å². The standard InChI is InChI=1S/C14H19NO3/c1-3-5-9-7-8-11(14(17)18)10(6-4-2)12(9)13(15)16/h7-8H,3-6H2,1-2H3,(H2,15,16)(H,17,18). The van der Waals surface area contributed by atoms with Crippen molar-refractivity contribution in [2.45, 2.75) is 39.5 Å². The molecule has 4 heteroatoms. The second-order valence-corrected chi connectivity index (χ2v) is 4.30. The molecule has 0 radical (unpaired) electrons. The maximum atomic E-state index is 11.6. The van der Waals surface area contributed by atoms with E-state index in [-0.39, 0.29) is 5.56 Å². The maximum Gasteiger partial charge on any atom is 0.335 e. The Morgan fingerprint density at radius 1 is 1.17 bits per heavy atom. The molecule has 0 atom stereocenters. The molecule has 0 aromatic heterocycles. The summed E-state index contributed by atoms with van der Waals surface area (Å²) in [4.78, 5) is 22.8. The van der Waals surface area contributed by atoms with Crippen LogP contribution in [0, 0.1) is 0 Å². The minimum Gasteiger partial charge on any atom is -0.478 e. The van der Waals surface area contributed by atoms with Gasteiger partial charge in [0.2, 0.25) is 5.91 Å². The molecule has 0 spiro atoms. The van der Waals surface area contributed by atoms with Gasteiger partial charge in [0, 0.05) is 5.56 Å². The van der Waals surface area contributed by atoms with Crippen LogP contribution in [0.3, 0.4) is 0 Å². The summed E-state index contributed by atoms with van der Waals surface area (Å²) < 4.78 is 0. The van der Waals surface area contributed by atoms with Crippen LogP contribution in [0.25, 0.3) is 0 Å². The molecule has 0 saturated carbocycles. The number of benzene rings is 1. The number of rotatable bonds is 6. The number of hydrogen-bond donors (Lipinski definition) is 2. The van der Waals surface area contributed by atoms with E-state index in [0.29, 0.717) is 17.5 Å². The van der Waals surface area contributed by atoms with Crippen LogP contribution in [0.2, 0.25) is 0 Å². The Hall–Kier alpha value is -1.84. The lowest BCUT2D eigenvalue weighted by molar-refractivity contribution is 0.0695. The molecule has 0 heterocycles. The Labute approximate surface area is 107 Å². The monoisotopic (exact) mass is 249 g/mol. The second-order valence-electron chi connectivity index (χ2n) is 4.30. The van der Waals surface area contributed by atoms with Gasteiger partial charge in [-0.25, -0.2) is 4.79 Å². The molecular weight excluding hydrogens is 230 g/mol. The van der Waals surface area contributed by atoms with Crippen molar-refractivity contribution in [1.29, 1.82) is 0 Å². The molecule has 0 aliphatic carbocycles. The van der Waals surface area contributed by atoms with Gasteiger partial charge < -0.3 is 10.8 Å². The summed E-state index contributed by atoms with van der Waals surface area (Å²) >= 11 is 0. The predicted molar refractivity (Wildman–Crippen MR) is 69.9 cm³/mol. The summed E-state index contributed by atoms with van der Waals surface area (Å²) in [7, 11) is 0. The first-order chi connectivity index (χ1) is 8.52. The van der Waals surface area contributed by atoms with Crippen LogP contribution in [0.1, 0.15) is 58.5 Å². The average molecular weight is 249 g/mol. The number of carbonyl (C=O) groups excluding carboxylic acids is 1. The Morgan fingerprint density at radius 2 is 1.78 bits per heavy atom. The fraction of sp³-hybridized carbons (Fsp3) is 0.429. The SMILES string of the molecule is CCCc1ccc(C(=O)O)c(CCC)c1C(N)=O. The first-order valence-corrected chi connectivity index (χ1v) is 6.20. The minimum atomic E-state index is -1.01. The zero-order chi connectivity index (χ0) is 13.7. The summed E-state index contributed by atoms with van der Waals surface area (Å²) in [6.45, 7) is 3.96. The molecule has 0 aliphatic heterocycles. The third-order valence-corrected chi connectivity index (χ3v) is 2.90. The van der Waals surface area contributed by atoms with E-state index < -0.39 is 11.9 Å². The molecule has 3 N–H and O–H groups in total. The van der Waals surface area contributed by atoms with Crippen molar-refractivity contribution in [3.05, 3.63) is 34.4 Å². The van der Waals surface area contributed by atoms with E-state index in [1.807, 2.05) is 13.8 Å². The Morgan fingerprint density at radius 3 is 2.22 bits per heavy atom. The normalized spacial score (nSPS) is 10.3. The highest BCUT2D eigenvalue weighted by Gasteiger charge is 2.19. The molecule has 98 valence electrons. The topological polar surface area (TPSA) is 80.4 Å². The lowest BCUT2D eigenvalue weighted by atomic mass is 9.90. The largest absolute Gasteiger partial charge is 0.478 e. The van der Waals surface area contributed by atoms with Crippen LogP contribution in [-0.4, -0.2) is 17.0 Å². The highest BCUT2D eigenvalue weighted by molar-refractivity contribution is 6.00. The van der Waals surface area contributed by atoms with Crippen LogP contribution < -0.4 is 5.73 Å². The van der Waals surface area contributed by atoms with E-state index in [9.17, 15) is 9.59 Å². The van der Waals surface area contributed by atoms with Gasteiger partial charge in [-0.05, 0) is 30.0 Å². The van der Waals surface area contributed by atoms with Gasteiger partial charge in [0.15, 0.2) is 0 Å². The first kappa shape index (κ1) is 14.2. The lowest BCUT2D eigenvalue weighted by Crippen LogP contribution is -2.19. The molecule has 0 fully saturated rings. The molecular formula is C14H19NO3. The molecule has 0 aliphatic rings. The third kappa shape index (κ3) is 2.88. The van der Waals surface area contributed by atoms with Gasteiger partial charge in [-0.15, -0.1) is 0 Å². The Kier molecular flexibility index (Phi) is 4.89. The molecule has 1 aromatic rings. The summed E-state index contributed by atoms with van der Waals surface area (Å²) in [5.41, 5.74) is 7.42. The number of primary amides is 1. The number of carboxylic acids is 1. The van der Waals surface area contributed by atoms with Crippen LogP contribution in [0.5, 0.6) is 0 Å². The second kappa shape index (κ2) is 6.19. The van der Waals surface area contributed by atoms with Crippen LogP contribution in [-0.2, 0) is 12.8 Å². The predicted octanol–water partition coefficient (Wildman–Crippen LogP) is 2.39. The summed E-state index contributed by atoms with van der Waals surface area (Å²) in [5.74, 6) is -1.55. The molecule has 18 heavy (non-hydrogen) atoms. The molecule has 4 nitrogen and oxygen atoms in total. The minimum absolute atomic E-state index is 0.186. The molecule has 0 saturated heterocycles. The number of carboxylic acid groups (broad SMARTS) is 1. The Bertz CT molecular complexity index is 466. The van der Waals surface area contributed by atoms with Gasteiger partial charge in [0.1, 0.15) is 0 Å². The van der Waals surface area contributed by atoms with E-state index in [2.05, 4.69) is 0 Å². The van der Waals surface area contributed by atoms with Gasteiger partial charge in [-0.3, -0.25) is 4.79 Å². The van der Waals surface area contributed by atoms with E-state index in [1.165, 1.54) is 0 Å². The fourth-order valence-corrected chi connectivity index (χ4v) is 2.19. The van der Waals surface area contributed by atoms with E-state index >= 15 is 0 Å². The number of amides is 1. The zero-order valence-electron chi connectivity index (χ0n) is 10.8. The summed E-state index contributed by atoms with van der Waals surface area (Å²) in [6, 6.07) is 3.27. The van der Waals surface area contributed by atoms with Crippen molar-refractivity contribution >= 4 is 11.9 Å². The van der Waals surface area contributed by atoms with Crippen molar-refractivity contribution in [2.75, 3.05) is 0 Å². The zero-order valence-corrected chi connectivity index (χ0v) is 10.8. The summed E-state index contributed by atoms with van der Waals surface area (Å²) in [5, 5.41) is 9.17. The van der Waals surface area contributed by atoms with Crippen molar-refractivity contribution in [2.24, 2.45) is 5.73 Å². The van der Waals surface area contributed by atoms with E-state index in [0.717, 1.165) is 24.8 Å². The van der Waals surface area contributed by atoms with E-state index in [4.69, 9.17) is 10.8 Å². The molecule has 0 bridgehead atoms. The maximum absolute atomic E-state index is 11.6. The lowest BCUT2D eigenvalue weighted by Gasteiger charge is -2.14. The van der Waals surface area contributed by atoms with Gasteiger partial charge in [0.05, 0.1) is 5.56 Å². The van der Waals surface area contributed by atoms with Crippen LogP contribution >= 0.6 is 0 Å². The van der Waals surface area contributed by atoms with Gasteiger partial charge in [-0.2, -0.15) is 0 Å². The number of aryl methyl sites for hydroxylation is 1. The van der Waals surface area contributed by atoms with Crippen molar-refractivity contribution < 1.29 is 14.7 Å². The smallest absolute Gasteiger partial charge is 0.335 e. The summed E-state index contributed by atoms with van der Waals surface area (Å²) in [6.07, 6.45) is 2.95. The highest BCUT2D eigenvalue weighted by Crippen LogP contribution is 2.22. The average Bonchev–Trinajstić information content (AvgIpc) is 2.29. The number of carbonyl (C=O) groups is 2. The highest BCUT2D eigenvalue weighted by atomic mass is 16.4.